The van der Waals surface area contributed by atoms with Gasteiger partial charge in [-0.3, -0.25) is 9.52 Å². The van der Waals surface area contributed by atoms with Crippen LogP contribution in [0.1, 0.15) is 52.8 Å². The molecular weight excluding hydrogens is 408 g/mol. The number of hydrogen-bond donors (Lipinski definition) is 3. The minimum Gasteiger partial charge on any atom is -0.496 e. The van der Waals surface area contributed by atoms with E-state index < -0.39 is 16.0 Å². The molecule has 0 unspecified atom stereocenters. The fourth-order valence-corrected chi connectivity index (χ4v) is 4.52. The van der Waals surface area contributed by atoms with Gasteiger partial charge in [-0.15, -0.1) is 0 Å². The van der Waals surface area contributed by atoms with Crippen molar-refractivity contribution in [3.8, 4) is 5.75 Å². The first-order chi connectivity index (χ1) is 14.3. The van der Waals surface area contributed by atoms with Crippen molar-refractivity contribution in [1.29, 1.82) is 0 Å². The predicted molar refractivity (Wildman–Crippen MR) is 112 cm³/mol. The molecule has 0 spiro atoms. The lowest BCUT2D eigenvalue weighted by Crippen LogP contribution is -2.36. The second-order valence-corrected chi connectivity index (χ2v) is 8.84. The summed E-state index contributed by atoms with van der Waals surface area (Å²) in [6, 6.07) is 9.48. The number of anilines is 1. The number of ether oxygens (including phenoxy) is 1. The zero-order valence-electron chi connectivity index (χ0n) is 16.6. The van der Waals surface area contributed by atoms with Crippen LogP contribution in [0.5, 0.6) is 5.75 Å². The van der Waals surface area contributed by atoms with E-state index in [0.29, 0.717) is 0 Å². The lowest BCUT2D eigenvalue weighted by Gasteiger charge is -2.23. The van der Waals surface area contributed by atoms with Crippen molar-refractivity contribution >= 4 is 27.6 Å². The van der Waals surface area contributed by atoms with Gasteiger partial charge in [-0.25, -0.2) is 13.2 Å². The molecule has 30 heavy (non-hydrogen) atoms. The Balaban J connectivity index is 1.83. The molecule has 1 aliphatic carbocycles. The van der Waals surface area contributed by atoms with Crippen molar-refractivity contribution in [1.82, 2.24) is 5.32 Å². The number of benzene rings is 2. The maximum Gasteiger partial charge on any atom is 0.335 e. The number of nitrogens with one attached hydrogen (secondary N) is 2. The van der Waals surface area contributed by atoms with Crippen molar-refractivity contribution in [2.45, 2.75) is 43.0 Å². The molecule has 0 atom stereocenters. The first-order valence-corrected chi connectivity index (χ1v) is 11.1. The van der Waals surface area contributed by atoms with Crippen LogP contribution in [0.25, 0.3) is 0 Å². The zero-order valence-corrected chi connectivity index (χ0v) is 17.4. The molecule has 1 saturated carbocycles. The van der Waals surface area contributed by atoms with E-state index in [1.54, 1.807) is 0 Å². The fraction of sp³-hybridized carbons (Fsp3) is 0.333. The van der Waals surface area contributed by atoms with Crippen LogP contribution < -0.4 is 14.8 Å². The third-order valence-electron chi connectivity index (χ3n) is 5.05. The Hall–Kier alpha value is -3.07. The summed E-state index contributed by atoms with van der Waals surface area (Å²) in [4.78, 5) is 23.6. The van der Waals surface area contributed by atoms with Gasteiger partial charge in [0.1, 0.15) is 5.75 Å². The van der Waals surface area contributed by atoms with Gasteiger partial charge in [-0.1, -0.05) is 19.3 Å². The fourth-order valence-electron chi connectivity index (χ4n) is 3.44. The van der Waals surface area contributed by atoms with Gasteiger partial charge in [0.25, 0.3) is 15.9 Å². The number of carboxylic acids is 1. The molecule has 0 aliphatic heterocycles. The van der Waals surface area contributed by atoms with Crippen molar-refractivity contribution in [2.75, 3.05) is 11.8 Å². The molecule has 1 fully saturated rings. The van der Waals surface area contributed by atoms with Crippen LogP contribution in [-0.4, -0.2) is 38.6 Å². The second-order valence-electron chi connectivity index (χ2n) is 7.16. The van der Waals surface area contributed by atoms with Gasteiger partial charge in [0, 0.05) is 11.7 Å². The summed E-state index contributed by atoms with van der Waals surface area (Å²) in [5.74, 6) is -1.19. The first-order valence-electron chi connectivity index (χ1n) is 9.65. The third-order valence-corrected chi connectivity index (χ3v) is 6.43. The average molecular weight is 432 g/mol. The quantitative estimate of drug-likeness (QED) is 0.617. The van der Waals surface area contributed by atoms with Crippen LogP contribution in [-0.2, 0) is 10.0 Å². The molecule has 160 valence electrons. The van der Waals surface area contributed by atoms with Gasteiger partial charge in [-0.05, 0) is 55.3 Å². The zero-order chi connectivity index (χ0) is 21.7. The van der Waals surface area contributed by atoms with E-state index in [1.165, 1.54) is 49.6 Å². The number of hydrogen-bond acceptors (Lipinski definition) is 5. The van der Waals surface area contributed by atoms with Crippen LogP contribution >= 0.6 is 0 Å². The summed E-state index contributed by atoms with van der Waals surface area (Å²) in [5, 5.41) is 11.9. The van der Waals surface area contributed by atoms with E-state index in [4.69, 9.17) is 9.84 Å². The Labute approximate surface area is 175 Å². The standard InChI is InChI=1S/C21H24N2O6S/c1-29-19-12-11-17(13-18(19)20(24)22-15-5-3-2-4-6-15)30(27,28)23-16-9-7-14(8-10-16)21(25)26/h7-13,15,23H,2-6H2,1H3,(H,22,24)(H,25,26). The monoisotopic (exact) mass is 432 g/mol. The van der Waals surface area contributed by atoms with Gasteiger partial charge in [0.15, 0.2) is 0 Å². The highest BCUT2D eigenvalue weighted by Gasteiger charge is 2.23. The molecule has 1 amide bonds. The molecule has 3 rings (SSSR count). The summed E-state index contributed by atoms with van der Waals surface area (Å²) in [6.45, 7) is 0. The number of carbonyl (C=O) groups is 2. The SMILES string of the molecule is COc1ccc(S(=O)(=O)Nc2ccc(C(=O)O)cc2)cc1C(=O)NC1CCCCC1. The van der Waals surface area contributed by atoms with Crippen molar-refractivity contribution in [2.24, 2.45) is 0 Å². The van der Waals surface area contributed by atoms with Gasteiger partial charge in [-0.2, -0.15) is 0 Å². The van der Waals surface area contributed by atoms with Crippen LogP contribution in [0.15, 0.2) is 47.4 Å². The molecular formula is C21H24N2O6S. The highest BCUT2D eigenvalue weighted by atomic mass is 32.2. The van der Waals surface area contributed by atoms with Gasteiger partial charge >= 0.3 is 5.97 Å². The van der Waals surface area contributed by atoms with Gasteiger partial charge in [0.05, 0.1) is 23.1 Å². The number of aromatic carboxylic acids is 1. The maximum absolute atomic E-state index is 12.8. The molecule has 0 radical (unpaired) electrons. The average Bonchev–Trinajstić information content (AvgIpc) is 2.74. The number of carbonyl (C=O) groups excluding carboxylic acids is 1. The normalized spacial score (nSPS) is 14.7. The van der Waals surface area contributed by atoms with E-state index in [-0.39, 0.29) is 39.4 Å². The Bertz CT molecular complexity index is 1030. The molecule has 0 saturated heterocycles. The third kappa shape index (κ3) is 5.10. The van der Waals surface area contributed by atoms with E-state index >= 15 is 0 Å². The molecule has 2 aromatic carbocycles. The molecule has 8 nitrogen and oxygen atoms in total. The number of carboxylic acid groups (broad SMARTS) is 1. The van der Waals surface area contributed by atoms with E-state index in [9.17, 15) is 18.0 Å². The van der Waals surface area contributed by atoms with Crippen LogP contribution in [0.3, 0.4) is 0 Å². The topological polar surface area (TPSA) is 122 Å². The highest BCUT2D eigenvalue weighted by Crippen LogP contribution is 2.25. The van der Waals surface area contributed by atoms with E-state index in [2.05, 4.69) is 10.0 Å². The highest BCUT2D eigenvalue weighted by molar-refractivity contribution is 7.92. The molecule has 0 bridgehead atoms. The Kier molecular flexibility index (Phi) is 6.61. The number of amides is 1. The van der Waals surface area contributed by atoms with E-state index in [0.717, 1.165) is 32.1 Å². The molecule has 0 heterocycles. The molecule has 9 heteroatoms. The van der Waals surface area contributed by atoms with Crippen LogP contribution in [0.4, 0.5) is 5.69 Å². The maximum atomic E-state index is 12.8. The summed E-state index contributed by atoms with van der Waals surface area (Å²) in [5.41, 5.74) is 0.403. The van der Waals surface area contributed by atoms with Crippen LogP contribution in [0.2, 0.25) is 0 Å². The first kappa shape index (κ1) is 21.6. The van der Waals surface area contributed by atoms with Crippen molar-refractivity contribution in [3.63, 3.8) is 0 Å². The summed E-state index contributed by atoms with van der Waals surface area (Å²) in [6.07, 6.45) is 5.07. The Morgan fingerprint density at radius 1 is 1.03 bits per heavy atom. The summed E-state index contributed by atoms with van der Waals surface area (Å²) < 4.78 is 33.2. The summed E-state index contributed by atoms with van der Waals surface area (Å²) in [7, 11) is -2.57. The van der Waals surface area contributed by atoms with Crippen molar-refractivity contribution < 1.29 is 27.9 Å². The van der Waals surface area contributed by atoms with Crippen molar-refractivity contribution in [3.05, 3.63) is 53.6 Å². The molecule has 0 aromatic heterocycles. The Morgan fingerprint density at radius 2 is 1.70 bits per heavy atom. The predicted octanol–water partition coefficient (Wildman–Crippen LogP) is 3.26. The lowest BCUT2D eigenvalue weighted by molar-refractivity contribution is 0.0696. The number of sulfonamides is 1. The van der Waals surface area contributed by atoms with Crippen LogP contribution in [0, 0.1) is 0 Å². The van der Waals surface area contributed by atoms with Gasteiger partial charge < -0.3 is 15.2 Å². The summed E-state index contributed by atoms with van der Waals surface area (Å²) >= 11 is 0. The Morgan fingerprint density at radius 3 is 2.30 bits per heavy atom. The second kappa shape index (κ2) is 9.17. The molecule has 3 N–H and O–H groups in total. The van der Waals surface area contributed by atoms with E-state index in [1.807, 2.05) is 0 Å². The number of methoxy groups -OCH3 is 1. The minimum absolute atomic E-state index is 0.0454. The lowest BCUT2D eigenvalue weighted by atomic mass is 9.95. The number of rotatable bonds is 7. The molecule has 2 aromatic rings. The largest absolute Gasteiger partial charge is 0.496 e. The molecule has 1 aliphatic rings. The van der Waals surface area contributed by atoms with Gasteiger partial charge in [0.2, 0.25) is 0 Å². The minimum atomic E-state index is -3.99. The smallest absolute Gasteiger partial charge is 0.335 e.